The molecule has 1 aliphatic carbocycles. The van der Waals surface area contributed by atoms with E-state index in [1.807, 2.05) is 13.8 Å². The van der Waals surface area contributed by atoms with Crippen LogP contribution in [0.5, 0.6) is 0 Å². The molecule has 0 spiro atoms. The summed E-state index contributed by atoms with van der Waals surface area (Å²) < 4.78 is 15.9. The maximum absolute atomic E-state index is 13.1. The number of rotatable bonds is 4. The number of carbonyl (C=O) groups excluding carboxylic acids is 3. The summed E-state index contributed by atoms with van der Waals surface area (Å²) in [6.45, 7) is 7.44. The summed E-state index contributed by atoms with van der Waals surface area (Å²) >= 11 is 0. The highest BCUT2D eigenvalue weighted by Crippen LogP contribution is 2.48. The number of carbonyl (C=O) groups is 3. The van der Waals surface area contributed by atoms with Gasteiger partial charge in [-0.25, -0.2) is 9.59 Å². The zero-order chi connectivity index (χ0) is 22.2. The van der Waals surface area contributed by atoms with E-state index in [0.29, 0.717) is 35.3 Å². The van der Waals surface area contributed by atoms with Gasteiger partial charge in [-0.15, -0.1) is 0 Å². The fraction of sp³-hybridized carbons (Fsp3) is 0.435. The molecular weight excluding hydrogens is 386 g/mol. The maximum Gasteiger partial charge on any atom is 0.340 e. The molecule has 30 heavy (non-hydrogen) atoms. The van der Waals surface area contributed by atoms with Crippen molar-refractivity contribution < 1.29 is 28.6 Å². The molecule has 0 radical (unpaired) electrons. The standard InChI is InChI=1S/C23H27NO6/c1-12(2)29-22(27)19-17(13-6-8-14(9-7-13)21(26)28-5)18-15(25)10-23(3,4)11-16(18)30-20(19)24/h6-9,12,17H,10-11,24H2,1-5H3/t17-/m1/s1. The summed E-state index contributed by atoms with van der Waals surface area (Å²) in [5.41, 5.74) is 7.41. The summed E-state index contributed by atoms with van der Waals surface area (Å²) in [5, 5.41) is 0. The van der Waals surface area contributed by atoms with Crippen molar-refractivity contribution in [2.45, 2.75) is 52.6 Å². The first-order valence-electron chi connectivity index (χ1n) is 9.87. The van der Waals surface area contributed by atoms with Crippen LogP contribution in [-0.4, -0.2) is 30.9 Å². The second kappa shape index (κ2) is 7.97. The molecule has 2 N–H and O–H groups in total. The number of hydrogen-bond donors (Lipinski definition) is 1. The van der Waals surface area contributed by atoms with E-state index in [2.05, 4.69) is 0 Å². The molecule has 0 bridgehead atoms. The van der Waals surface area contributed by atoms with Crippen LogP contribution >= 0.6 is 0 Å². The third kappa shape index (κ3) is 4.10. The summed E-state index contributed by atoms with van der Waals surface area (Å²) in [6.07, 6.45) is 0.493. The molecule has 1 aliphatic heterocycles. The number of hydrogen-bond acceptors (Lipinski definition) is 7. The number of ketones is 1. The number of allylic oxidation sites excluding steroid dienone is 2. The summed E-state index contributed by atoms with van der Waals surface area (Å²) in [5.74, 6) is -1.50. The zero-order valence-electron chi connectivity index (χ0n) is 17.9. The van der Waals surface area contributed by atoms with Gasteiger partial charge in [0.25, 0.3) is 0 Å². The van der Waals surface area contributed by atoms with Crippen LogP contribution in [-0.2, 0) is 23.8 Å². The van der Waals surface area contributed by atoms with E-state index in [-0.39, 0.29) is 28.8 Å². The number of ether oxygens (including phenoxy) is 3. The van der Waals surface area contributed by atoms with Gasteiger partial charge in [-0.3, -0.25) is 4.79 Å². The van der Waals surface area contributed by atoms with Gasteiger partial charge in [-0.05, 0) is 37.0 Å². The Bertz CT molecular complexity index is 952. The van der Waals surface area contributed by atoms with Gasteiger partial charge in [0, 0.05) is 18.4 Å². The van der Waals surface area contributed by atoms with E-state index in [4.69, 9.17) is 19.9 Å². The second-order valence-corrected chi connectivity index (χ2v) is 8.66. The molecule has 7 heteroatoms. The van der Waals surface area contributed by atoms with E-state index < -0.39 is 17.9 Å². The Morgan fingerprint density at radius 1 is 1.13 bits per heavy atom. The molecule has 1 atom stereocenters. The van der Waals surface area contributed by atoms with Gasteiger partial charge in [0.15, 0.2) is 5.78 Å². The topological polar surface area (TPSA) is 105 Å². The highest BCUT2D eigenvalue weighted by Gasteiger charge is 2.45. The van der Waals surface area contributed by atoms with Gasteiger partial charge >= 0.3 is 11.9 Å². The van der Waals surface area contributed by atoms with Crippen molar-refractivity contribution in [3.63, 3.8) is 0 Å². The van der Waals surface area contributed by atoms with Gasteiger partial charge in [0.1, 0.15) is 11.3 Å². The first-order chi connectivity index (χ1) is 14.0. The fourth-order valence-corrected chi connectivity index (χ4v) is 3.92. The number of nitrogens with two attached hydrogens (primary N) is 1. The minimum absolute atomic E-state index is 0.0630. The van der Waals surface area contributed by atoms with Gasteiger partial charge in [0.05, 0.1) is 24.7 Å². The van der Waals surface area contributed by atoms with Gasteiger partial charge in [0.2, 0.25) is 5.88 Å². The molecule has 1 aromatic rings. The third-order valence-corrected chi connectivity index (χ3v) is 5.18. The van der Waals surface area contributed by atoms with Crippen LogP contribution in [0, 0.1) is 5.41 Å². The highest BCUT2D eigenvalue weighted by atomic mass is 16.5. The molecule has 0 amide bonds. The average Bonchev–Trinajstić information content (AvgIpc) is 2.64. The number of methoxy groups -OCH3 is 1. The Morgan fingerprint density at radius 2 is 1.77 bits per heavy atom. The van der Waals surface area contributed by atoms with Crippen molar-refractivity contribution in [2.75, 3.05) is 7.11 Å². The largest absolute Gasteiger partial charge is 0.465 e. The van der Waals surface area contributed by atoms with E-state index in [0.717, 1.165) is 0 Å². The van der Waals surface area contributed by atoms with E-state index >= 15 is 0 Å². The Morgan fingerprint density at radius 3 is 2.33 bits per heavy atom. The predicted molar refractivity (Wildman–Crippen MR) is 109 cm³/mol. The highest BCUT2D eigenvalue weighted by molar-refractivity contribution is 6.03. The third-order valence-electron chi connectivity index (χ3n) is 5.18. The Hall–Kier alpha value is -3.09. The van der Waals surface area contributed by atoms with Crippen molar-refractivity contribution in [1.82, 2.24) is 0 Å². The first-order valence-corrected chi connectivity index (χ1v) is 9.87. The number of Topliss-reactive ketones (excluding diaryl/α,β-unsaturated/α-hetero) is 1. The number of benzene rings is 1. The van der Waals surface area contributed by atoms with E-state index in [9.17, 15) is 14.4 Å². The van der Waals surface area contributed by atoms with Crippen molar-refractivity contribution in [3.05, 3.63) is 58.2 Å². The fourth-order valence-electron chi connectivity index (χ4n) is 3.92. The molecule has 0 saturated heterocycles. The maximum atomic E-state index is 13.1. The molecule has 0 unspecified atom stereocenters. The van der Waals surface area contributed by atoms with Crippen LogP contribution in [0.25, 0.3) is 0 Å². The molecule has 2 aliphatic rings. The minimum atomic E-state index is -0.727. The zero-order valence-corrected chi connectivity index (χ0v) is 17.9. The smallest absolute Gasteiger partial charge is 0.340 e. The van der Waals surface area contributed by atoms with Crippen LogP contribution in [0.15, 0.2) is 47.1 Å². The SMILES string of the molecule is COC(=O)c1ccc([C@H]2C(C(=O)OC(C)C)=C(N)OC3=C2C(=O)CC(C)(C)C3)cc1. The average molecular weight is 413 g/mol. The second-order valence-electron chi connectivity index (χ2n) is 8.66. The van der Waals surface area contributed by atoms with Crippen LogP contribution in [0.1, 0.15) is 62.4 Å². The summed E-state index contributed by atoms with van der Waals surface area (Å²) in [4.78, 5) is 37.8. The molecule has 7 nitrogen and oxygen atoms in total. The van der Waals surface area contributed by atoms with Crippen molar-refractivity contribution in [3.8, 4) is 0 Å². The molecule has 1 aromatic carbocycles. The van der Waals surface area contributed by atoms with Crippen molar-refractivity contribution in [2.24, 2.45) is 11.1 Å². The van der Waals surface area contributed by atoms with Crippen LogP contribution < -0.4 is 5.73 Å². The lowest BCUT2D eigenvalue weighted by Gasteiger charge is -2.38. The van der Waals surface area contributed by atoms with Crippen LogP contribution in [0.2, 0.25) is 0 Å². The number of esters is 2. The van der Waals surface area contributed by atoms with Gasteiger partial charge < -0.3 is 19.9 Å². The molecule has 1 heterocycles. The molecule has 0 aromatic heterocycles. The van der Waals surface area contributed by atoms with Gasteiger partial charge in [-0.2, -0.15) is 0 Å². The van der Waals surface area contributed by atoms with Crippen molar-refractivity contribution >= 4 is 17.7 Å². The van der Waals surface area contributed by atoms with E-state index in [1.54, 1.807) is 38.1 Å². The Balaban J connectivity index is 2.13. The molecule has 0 saturated carbocycles. The lowest BCUT2D eigenvalue weighted by molar-refractivity contribution is -0.143. The Labute approximate surface area is 175 Å². The lowest BCUT2D eigenvalue weighted by Crippen LogP contribution is -2.36. The molecule has 0 fully saturated rings. The van der Waals surface area contributed by atoms with E-state index in [1.165, 1.54) is 7.11 Å². The minimum Gasteiger partial charge on any atom is -0.465 e. The summed E-state index contributed by atoms with van der Waals surface area (Å²) in [6, 6.07) is 6.57. The quantitative estimate of drug-likeness (QED) is 0.755. The molecular formula is C23H27NO6. The predicted octanol–water partition coefficient (Wildman–Crippen LogP) is 3.35. The monoisotopic (exact) mass is 413 g/mol. The van der Waals surface area contributed by atoms with Gasteiger partial charge in [-0.1, -0.05) is 26.0 Å². The lowest BCUT2D eigenvalue weighted by atomic mass is 9.70. The molecule has 3 rings (SSSR count). The summed E-state index contributed by atoms with van der Waals surface area (Å²) in [7, 11) is 1.30. The molecule has 160 valence electrons. The van der Waals surface area contributed by atoms with Crippen LogP contribution in [0.4, 0.5) is 0 Å². The Kier molecular flexibility index (Phi) is 5.74. The normalized spacial score (nSPS) is 20.6. The van der Waals surface area contributed by atoms with Crippen molar-refractivity contribution in [1.29, 1.82) is 0 Å². The van der Waals surface area contributed by atoms with Crippen LogP contribution in [0.3, 0.4) is 0 Å². The first kappa shape index (κ1) is 21.6.